The molecular formula is C12H22ClN3S. The number of rotatable bonds is 6. The van der Waals surface area contributed by atoms with Crippen LogP contribution >= 0.6 is 23.1 Å². The van der Waals surface area contributed by atoms with E-state index >= 15 is 0 Å². The predicted octanol–water partition coefficient (Wildman–Crippen LogP) is 3.95. The van der Waals surface area contributed by atoms with Gasteiger partial charge in [0.25, 0.3) is 0 Å². The fourth-order valence-corrected chi connectivity index (χ4v) is 2.50. The van der Waals surface area contributed by atoms with E-state index in [1.54, 1.807) is 0 Å². The SMILES string of the molecule is CCCc1nsc(NC(CCCl)C(C)(C)C)n1. The van der Waals surface area contributed by atoms with Gasteiger partial charge in [0.1, 0.15) is 5.82 Å². The molecule has 0 radical (unpaired) electrons. The summed E-state index contributed by atoms with van der Waals surface area (Å²) < 4.78 is 4.34. The zero-order chi connectivity index (χ0) is 12.9. The van der Waals surface area contributed by atoms with Crippen LogP contribution in [-0.4, -0.2) is 21.3 Å². The summed E-state index contributed by atoms with van der Waals surface area (Å²) in [6, 6.07) is 0.336. The lowest BCUT2D eigenvalue weighted by Gasteiger charge is -2.30. The Morgan fingerprint density at radius 1 is 1.41 bits per heavy atom. The minimum atomic E-state index is 0.172. The van der Waals surface area contributed by atoms with E-state index in [1.165, 1.54) is 11.5 Å². The number of halogens is 1. The van der Waals surface area contributed by atoms with Crippen LogP contribution in [0, 0.1) is 5.41 Å². The van der Waals surface area contributed by atoms with Gasteiger partial charge >= 0.3 is 0 Å². The second kappa shape index (κ2) is 6.55. The maximum Gasteiger partial charge on any atom is 0.202 e. The number of alkyl halides is 1. The standard InChI is InChI=1S/C12H22ClN3S/c1-5-6-10-15-11(17-16-10)14-9(7-8-13)12(2,3)4/h9H,5-8H2,1-4H3,(H,14,15,16). The predicted molar refractivity (Wildman–Crippen MR) is 76.1 cm³/mol. The minimum Gasteiger partial charge on any atom is -0.357 e. The summed E-state index contributed by atoms with van der Waals surface area (Å²) in [5.41, 5.74) is 0.172. The molecule has 1 heterocycles. The van der Waals surface area contributed by atoms with Crippen LogP contribution in [0.2, 0.25) is 0 Å². The highest BCUT2D eigenvalue weighted by Gasteiger charge is 2.24. The number of aryl methyl sites for hydroxylation is 1. The summed E-state index contributed by atoms with van der Waals surface area (Å²) in [5, 5.41) is 4.37. The van der Waals surface area contributed by atoms with Gasteiger partial charge < -0.3 is 5.32 Å². The van der Waals surface area contributed by atoms with E-state index < -0.39 is 0 Å². The Kier molecular flexibility index (Phi) is 5.67. The van der Waals surface area contributed by atoms with Crippen molar-refractivity contribution in [2.24, 2.45) is 5.41 Å². The summed E-state index contributed by atoms with van der Waals surface area (Å²) >= 11 is 7.30. The van der Waals surface area contributed by atoms with Gasteiger partial charge in [-0.15, -0.1) is 11.6 Å². The molecule has 0 aliphatic carbocycles. The van der Waals surface area contributed by atoms with Crippen molar-refractivity contribution in [1.29, 1.82) is 0 Å². The second-order valence-corrected chi connectivity index (χ2v) is 6.44. The quantitative estimate of drug-likeness (QED) is 0.799. The van der Waals surface area contributed by atoms with Gasteiger partial charge in [-0.25, -0.2) is 4.98 Å². The van der Waals surface area contributed by atoms with Crippen molar-refractivity contribution < 1.29 is 0 Å². The van der Waals surface area contributed by atoms with Gasteiger partial charge in [0.05, 0.1) is 0 Å². The molecule has 0 aromatic carbocycles. The Morgan fingerprint density at radius 3 is 2.65 bits per heavy atom. The first-order valence-corrected chi connectivity index (χ1v) is 7.43. The number of anilines is 1. The Balaban J connectivity index is 2.65. The minimum absolute atomic E-state index is 0.172. The first kappa shape index (κ1) is 14.7. The lowest BCUT2D eigenvalue weighted by Crippen LogP contribution is -2.34. The molecule has 1 unspecified atom stereocenters. The van der Waals surface area contributed by atoms with E-state index in [2.05, 4.69) is 42.4 Å². The molecule has 1 atom stereocenters. The molecule has 5 heteroatoms. The topological polar surface area (TPSA) is 37.8 Å². The molecule has 0 spiro atoms. The molecule has 0 aliphatic rings. The zero-order valence-corrected chi connectivity index (χ0v) is 12.7. The van der Waals surface area contributed by atoms with Gasteiger partial charge in [-0.1, -0.05) is 27.7 Å². The highest BCUT2D eigenvalue weighted by atomic mass is 35.5. The van der Waals surface area contributed by atoms with Crippen LogP contribution in [-0.2, 0) is 6.42 Å². The van der Waals surface area contributed by atoms with Crippen LogP contribution in [0.25, 0.3) is 0 Å². The molecular weight excluding hydrogens is 254 g/mol. The highest BCUT2D eigenvalue weighted by Crippen LogP contribution is 2.26. The van der Waals surface area contributed by atoms with Crippen LogP contribution in [0.15, 0.2) is 0 Å². The first-order valence-electron chi connectivity index (χ1n) is 6.12. The van der Waals surface area contributed by atoms with Gasteiger partial charge in [-0.2, -0.15) is 4.37 Å². The molecule has 0 amide bonds. The first-order chi connectivity index (χ1) is 7.97. The van der Waals surface area contributed by atoms with E-state index in [1.807, 2.05) is 0 Å². The van der Waals surface area contributed by atoms with Gasteiger partial charge in [0, 0.05) is 29.9 Å². The third kappa shape index (κ3) is 4.80. The Morgan fingerprint density at radius 2 is 2.12 bits per heavy atom. The second-order valence-electron chi connectivity index (χ2n) is 5.31. The molecule has 17 heavy (non-hydrogen) atoms. The molecule has 0 saturated heterocycles. The lowest BCUT2D eigenvalue weighted by molar-refractivity contribution is 0.334. The average Bonchev–Trinajstić information content (AvgIpc) is 2.64. The maximum absolute atomic E-state index is 5.85. The summed E-state index contributed by atoms with van der Waals surface area (Å²) in [6.45, 7) is 8.78. The monoisotopic (exact) mass is 275 g/mol. The summed E-state index contributed by atoms with van der Waals surface area (Å²) in [7, 11) is 0. The number of aromatic nitrogens is 2. The molecule has 3 nitrogen and oxygen atoms in total. The van der Waals surface area contributed by atoms with Crippen LogP contribution in [0.3, 0.4) is 0 Å². The fraction of sp³-hybridized carbons (Fsp3) is 0.833. The molecule has 98 valence electrons. The number of nitrogens with one attached hydrogen (secondary N) is 1. The number of nitrogens with zero attached hydrogens (tertiary/aromatic N) is 2. The third-order valence-corrected chi connectivity index (χ3v) is 3.58. The fourth-order valence-electron chi connectivity index (χ4n) is 1.62. The number of hydrogen-bond acceptors (Lipinski definition) is 4. The largest absolute Gasteiger partial charge is 0.357 e. The normalized spacial score (nSPS) is 13.7. The molecule has 0 fully saturated rings. The molecule has 0 bridgehead atoms. The average molecular weight is 276 g/mol. The van der Waals surface area contributed by atoms with Crippen LogP contribution in [0.4, 0.5) is 5.13 Å². The third-order valence-electron chi connectivity index (χ3n) is 2.68. The Labute approximate surface area is 113 Å². The summed E-state index contributed by atoms with van der Waals surface area (Å²) in [5.74, 6) is 1.61. The Hall–Kier alpha value is -0.350. The highest BCUT2D eigenvalue weighted by molar-refractivity contribution is 7.09. The zero-order valence-electron chi connectivity index (χ0n) is 11.1. The van der Waals surface area contributed by atoms with Crippen molar-refractivity contribution in [1.82, 2.24) is 9.36 Å². The van der Waals surface area contributed by atoms with E-state index in [-0.39, 0.29) is 5.41 Å². The van der Waals surface area contributed by atoms with Crippen molar-refractivity contribution in [3.8, 4) is 0 Å². The van der Waals surface area contributed by atoms with Gasteiger partial charge in [-0.05, 0) is 18.3 Å². The smallest absolute Gasteiger partial charge is 0.202 e. The van der Waals surface area contributed by atoms with Crippen molar-refractivity contribution in [2.75, 3.05) is 11.2 Å². The van der Waals surface area contributed by atoms with Crippen molar-refractivity contribution in [2.45, 2.75) is 53.0 Å². The molecule has 1 rings (SSSR count). The van der Waals surface area contributed by atoms with Crippen LogP contribution in [0.5, 0.6) is 0 Å². The van der Waals surface area contributed by atoms with Crippen LogP contribution < -0.4 is 5.32 Å². The van der Waals surface area contributed by atoms with Gasteiger partial charge in [-0.3, -0.25) is 0 Å². The maximum atomic E-state index is 5.85. The van der Waals surface area contributed by atoms with E-state index in [0.717, 1.165) is 30.2 Å². The Bertz CT molecular complexity index is 333. The van der Waals surface area contributed by atoms with Gasteiger partial charge in [0.15, 0.2) is 0 Å². The van der Waals surface area contributed by atoms with Crippen molar-refractivity contribution in [3.63, 3.8) is 0 Å². The molecule has 0 saturated carbocycles. The molecule has 0 aliphatic heterocycles. The molecule has 1 aromatic heterocycles. The summed E-state index contributed by atoms with van der Waals surface area (Å²) in [4.78, 5) is 4.49. The van der Waals surface area contributed by atoms with Crippen LogP contribution in [0.1, 0.15) is 46.4 Å². The number of hydrogen-bond donors (Lipinski definition) is 1. The van der Waals surface area contributed by atoms with Gasteiger partial charge in [0.2, 0.25) is 5.13 Å². The van der Waals surface area contributed by atoms with E-state index in [9.17, 15) is 0 Å². The lowest BCUT2D eigenvalue weighted by atomic mass is 9.85. The summed E-state index contributed by atoms with van der Waals surface area (Å²) in [6.07, 6.45) is 2.97. The van der Waals surface area contributed by atoms with Crippen molar-refractivity contribution >= 4 is 28.3 Å². The molecule has 1 N–H and O–H groups in total. The van der Waals surface area contributed by atoms with Crippen molar-refractivity contribution in [3.05, 3.63) is 5.82 Å². The van der Waals surface area contributed by atoms with E-state index in [4.69, 9.17) is 11.6 Å². The van der Waals surface area contributed by atoms with E-state index in [0.29, 0.717) is 11.9 Å². The molecule has 1 aromatic rings.